The molecule has 0 aliphatic rings. The largest absolute Gasteiger partial charge is 0.234 e. The van der Waals surface area contributed by atoms with Gasteiger partial charge in [0.1, 0.15) is 5.69 Å². The van der Waals surface area contributed by atoms with Crippen molar-refractivity contribution < 1.29 is 4.39 Å². The molecule has 0 spiro atoms. The first-order valence-electron chi connectivity index (χ1n) is 4.23. The Bertz CT molecular complexity index is 255. The fourth-order valence-corrected chi connectivity index (χ4v) is 1.05. The van der Waals surface area contributed by atoms with E-state index in [1.165, 1.54) is 4.68 Å². The molecule has 0 N–H and O–H groups in total. The number of nitrogens with zero attached hydrogens (tertiary/aromatic N) is 3. The minimum absolute atomic E-state index is 0.286. The minimum atomic E-state index is -0.286. The SMILES string of the molecule is CCn1nnc(CC(C)C)c1F. The van der Waals surface area contributed by atoms with Gasteiger partial charge in [-0.05, 0) is 19.3 Å². The predicted octanol–water partition coefficient (Wildman–Crippen LogP) is 1.64. The fourth-order valence-electron chi connectivity index (χ4n) is 1.05. The van der Waals surface area contributed by atoms with Crippen molar-refractivity contribution >= 4 is 0 Å². The second-order valence-electron chi connectivity index (χ2n) is 3.24. The average Bonchev–Trinajstić information content (AvgIpc) is 2.32. The van der Waals surface area contributed by atoms with Gasteiger partial charge in [0.25, 0.3) is 0 Å². The molecule has 0 fully saturated rings. The van der Waals surface area contributed by atoms with Crippen molar-refractivity contribution in [1.29, 1.82) is 0 Å². The van der Waals surface area contributed by atoms with Crippen LogP contribution in [0.4, 0.5) is 4.39 Å². The molecule has 0 atom stereocenters. The van der Waals surface area contributed by atoms with E-state index in [-0.39, 0.29) is 5.95 Å². The Kier molecular flexibility index (Phi) is 2.78. The molecule has 0 saturated heterocycles. The van der Waals surface area contributed by atoms with Gasteiger partial charge in [-0.25, -0.2) is 4.68 Å². The van der Waals surface area contributed by atoms with Gasteiger partial charge in [0.05, 0.1) is 0 Å². The molecule has 1 rings (SSSR count). The van der Waals surface area contributed by atoms with Crippen LogP contribution in [0.2, 0.25) is 0 Å². The van der Waals surface area contributed by atoms with Gasteiger partial charge in [-0.1, -0.05) is 19.1 Å². The highest BCUT2D eigenvalue weighted by Crippen LogP contribution is 2.08. The zero-order valence-corrected chi connectivity index (χ0v) is 7.71. The molecular weight excluding hydrogens is 157 g/mol. The maximum Gasteiger partial charge on any atom is 0.234 e. The van der Waals surface area contributed by atoms with Gasteiger partial charge in [-0.15, -0.1) is 5.10 Å². The molecule has 12 heavy (non-hydrogen) atoms. The zero-order valence-electron chi connectivity index (χ0n) is 7.71. The summed E-state index contributed by atoms with van der Waals surface area (Å²) in [5.41, 5.74) is 0.479. The van der Waals surface area contributed by atoms with E-state index in [4.69, 9.17) is 0 Å². The maximum absolute atomic E-state index is 13.2. The normalized spacial score (nSPS) is 11.1. The molecule has 4 heteroatoms. The number of aromatic nitrogens is 3. The summed E-state index contributed by atoms with van der Waals surface area (Å²) in [4.78, 5) is 0. The summed E-state index contributed by atoms with van der Waals surface area (Å²) in [6.07, 6.45) is 0.659. The van der Waals surface area contributed by atoms with Gasteiger partial charge in [0.2, 0.25) is 5.95 Å². The monoisotopic (exact) mass is 171 g/mol. The molecule has 0 unspecified atom stereocenters. The van der Waals surface area contributed by atoms with Crippen molar-refractivity contribution in [1.82, 2.24) is 15.0 Å². The molecule has 0 aliphatic carbocycles. The third kappa shape index (κ3) is 1.81. The number of rotatable bonds is 3. The molecule has 0 amide bonds. The van der Waals surface area contributed by atoms with E-state index in [1.807, 2.05) is 20.8 Å². The van der Waals surface area contributed by atoms with Gasteiger partial charge in [-0.2, -0.15) is 4.39 Å². The first-order chi connectivity index (χ1) is 5.65. The highest BCUT2D eigenvalue weighted by atomic mass is 19.1. The van der Waals surface area contributed by atoms with Crippen molar-refractivity contribution in [2.75, 3.05) is 0 Å². The molecule has 3 nitrogen and oxygen atoms in total. The lowest BCUT2D eigenvalue weighted by atomic mass is 10.1. The summed E-state index contributed by atoms with van der Waals surface area (Å²) in [6, 6.07) is 0. The second kappa shape index (κ2) is 3.65. The van der Waals surface area contributed by atoms with E-state index >= 15 is 0 Å². The van der Waals surface area contributed by atoms with Gasteiger partial charge < -0.3 is 0 Å². The van der Waals surface area contributed by atoms with Crippen LogP contribution in [0.1, 0.15) is 26.5 Å². The number of halogens is 1. The van der Waals surface area contributed by atoms with Crippen molar-refractivity contribution in [3.05, 3.63) is 11.6 Å². The second-order valence-corrected chi connectivity index (χ2v) is 3.24. The number of hydrogen-bond donors (Lipinski definition) is 0. The summed E-state index contributed by atoms with van der Waals surface area (Å²) >= 11 is 0. The first kappa shape index (κ1) is 9.16. The smallest absolute Gasteiger partial charge is 0.219 e. The van der Waals surface area contributed by atoms with Crippen LogP contribution >= 0.6 is 0 Å². The molecule has 0 bridgehead atoms. The molecule has 0 aromatic carbocycles. The van der Waals surface area contributed by atoms with Crippen LogP contribution in [0, 0.1) is 11.9 Å². The van der Waals surface area contributed by atoms with Crippen LogP contribution in [0.15, 0.2) is 0 Å². The fraction of sp³-hybridized carbons (Fsp3) is 0.750. The average molecular weight is 171 g/mol. The van der Waals surface area contributed by atoms with Gasteiger partial charge in [0.15, 0.2) is 0 Å². The molecule has 0 saturated carbocycles. The lowest BCUT2D eigenvalue weighted by molar-refractivity contribution is 0.457. The lowest BCUT2D eigenvalue weighted by Gasteiger charge is -1.99. The minimum Gasteiger partial charge on any atom is -0.219 e. The summed E-state index contributed by atoms with van der Waals surface area (Å²) < 4.78 is 14.5. The highest BCUT2D eigenvalue weighted by Gasteiger charge is 2.11. The van der Waals surface area contributed by atoms with Crippen LogP contribution in [-0.4, -0.2) is 15.0 Å². The van der Waals surface area contributed by atoms with E-state index in [9.17, 15) is 4.39 Å². The van der Waals surface area contributed by atoms with Crippen LogP contribution < -0.4 is 0 Å². The first-order valence-corrected chi connectivity index (χ1v) is 4.23. The Labute approximate surface area is 71.6 Å². The standard InChI is InChI=1S/C8H14FN3/c1-4-12-8(9)7(10-11-12)5-6(2)3/h6H,4-5H2,1-3H3. The van der Waals surface area contributed by atoms with E-state index in [2.05, 4.69) is 10.3 Å². The number of aryl methyl sites for hydroxylation is 1. The Morgan fingerprint density at radius 2 is 2.17 bits per heavy atom. The third-order valence-electron chi connectivity index (χ3n) is 1.64. The summed E-state index contributed by atoms with van der Waals surface area (Å²) in [5, 5.41) is 7.44. The maximum atomic E-state index is 13.2. The van der Waals surface area contributed by atoms with E-state index in [1.54, 1.807) is 0 Å². The van der Waals surface area contributed by atoms with Crippen LogP contribution in [0.5, 0.6) is 0 Å². The van der Waals surface area contributed by atoms with Crippen molar-refractivity contribution in [2.24, 2.45) is 5.92 Å². The van der Waals surface area contributed by atoms with Crippen LogP contribution in [-0.2, 0) is 13.0 Å². The third-order valence-corrected chi connectivity index (χ3v) is 1.64. The Morgan fingerprint density at radius 3 is 2.58 bits per heavy atom. The molecular formula is C8H14FN3. The lowest BCUT2D eigenvalue weighted by Crippen LogP contribution is -2.02. The van der Waals surface area contributed by atoms with Gasteiger partial charge in [0, 0.05) is 6.54 Å². The summed E-state index contributed by atoms with van der Waals surface area (Å²) in [6.45, 7) is 6.45. The van der Waals surface area contributed by atoms with Crippen molar-refractivity contribution in [3.63, 3.8) is 0 Å². The van der Waals surface area contributed by atoms with Crippen LogP contribution in [0.25, 0.3) is 0 Å². The van der Waals surface area contributed by atoms with E-state index in [0.29, 0.717) is 24.6 Å². The Balaban J connectivity index is 2.80. The van der Waals surface area contributed by atoms with E-state index < -0.39 is 0 Å². The van der Waals surface area contributed by atoms with Crippen LogP contribution in [0.3, 0.4) is 0 Å². The Morgan fingerprint density at radius 1 is 1.50 bits per heavy atom. The van der Waals surface area contributed by atoms with Gasteiger partial charge >= 0.3 is 0 Å². The molecule has 68 valence electrons. The highest BCUT2D eigenvalue weighted by molar-refractivity contribution is 4.96. The van der Waals surface area contributed by atoms with Crippen molar-refractivity contribution in [3.8, 4) is 0 Å². The molecule has 1 heterocycles. The topological polar surface area (TPSA) is 30.7 Å². The zero-order chi connectivity index (χ0) is 9.14. The Hall–Kier alpha value is -0.930. The van der Waals surface area contributed by atoms with Crippen molar-refractivity contribution in [2.45, 2.75) is 33.7 Å². The molecule has 1 aromatic heterocycles. The van der Waals surface area contributed by atoms with E-state index in [0.717, 1.165) is 0 Å². The molecule has 0 radical (unpaired) electrons. The number of hydrogen-bond acceptors (Lipinski definition) is 2. The molecule has 1 aromatic rings. The summed E-state index contributed by atoms with van der Waals surface area (Å²) in [5.74, 6) is 0.132. The molecule has 0 aliphatic heterocycles. The predicted molar refractivity (Wildman–Crippen MR) is 44.2 cm³/mol. The summed E-state index contributed by atoms with van der Waals surface area (Å²) in [7, 11) is 0. The van der Waals surface area contributed by atoms with Gasteiger partial charge in [-0.3, -0.25) is 0 Å². The quantitative estimate of drug-likeness (QED) is 0.692.